The average Bonchev–Trinajstić information content (AvgIpc) is 2.81. The fourth-order valence-corrected chi connectivity index (χ4v) is 5.09. The molecule has 0 aliphatic heterocycles. The van der Waals surface area contributed by atoms with Crippen LogP contribution in [-0.2, 0) is 14.3 Å². The molecule has 0 bridgehead atoms. The summed E-state index contributed by atoms with van der Waals surface area (Å²) in [5, 5.41) is 2.98. The molecule has 34 heavy (non-hydrogen) atoms. The van der Waals surface area contributed by atoms with Crippen molar-refractivity contribution in [3.63, 3.8) is 0 Å². The largest absolute Gasteiger partial charge is 0.371 e. The summed E-state index contributed by atoms with van der Waals surface area (Å²) < 4.78 is 11.3. The predicted molar refractivity (Wildman–Crippen MR) is 144 cm³/mol. The lowest BCUT2D eigenvalue weighted by Crippen LogP contribution is -2.24. The number of carbonyl (C=O) groups excluding carboxylic acids is 2. The van der Waals surface area contributed by atoms with Crippen molar-refractivity contribution >= 4 is 33.3 Å². The van der Waals surface area contributed by atoms with Gasteiger partial charge in [-0.3, -0.25) is 9.59 Å². The van der Waals surface area contributed by atoms with Crippen LogP contribution in [0, 0.1) is 23.7 Å². The van der Waals surface area contributed by atoms with E-state index in [1.54, 1.807) is 21.6 Å². The molecule has 0 heterocycles. The Kier molecular flexibility index (Phi) is 16.9. The molecule has 7 heteroatoms. The minimum Gasteiger partial charge on any atom is -0.371 e. The number of nitrogens with one attached hydrogen (secondary N) is 1. The fourth-order valence-electron chi connectivity index (χ4n) is 2.77. The Morgan fingerprint density at radius 1 is 1.09 bits per heavy atom. The van der Waals surface area contributed by atoms with Crippen molar-refractivity contribution < 1.29 is 19.1 Å². The maximum absolute atomic E-state index is 12.2. The quantitative estimate of drug-likeness (QED) is 0.114. The van der Waals surface area contributed by atoms with Crippen molar-refractivity contribution in [2.45, 2.75) is 77.1 Å². The molecule has 1 aromatic rings. The number of rotatable bonds is 17. The SMILES string of the molecule is CCC(OCCOCC(=O)CCC#CC(C)C)SSc1ccc(C(=O)NCCCC(C)C)cc1. The fraction of sp³-hybridized carbons (Fsp3) is 0.630. The van der Waals surface area contributed by atoms with E-state index in [9.17, 15) is 9.59 Å². The lowest BCUT2D eigenvalue weighted by molar-refractivity contribution is -0.124. The molecular formula is C27H41NO4S2. The molecule has 1 amide bonds. The average molecular weight is 508 g/mol. The summed E-state index contributed by atoms with van der Waals surface area (Å²) in [6.45, 7) is 12.2. The minimum atomic E-state index is -0.0234. The first-order chi connectivity index (χ1) is 16.3. The molecule has 0 saturated heterocycles. The van der Waals surface area contributed by atoms with Crippen molar-refractivity contribution in [2.24, 2.45) is 11.8 Å². The van der Waals surface area contributed by atoms with Crippen LogP contribution in [0.3, 0.4) is 0 Å². The number of hydrogen-bond donors (Lipinski definition) is 1. The Morgan fingerprint density at radius 3 is 2.47 bits per heavy atom. The third-order valence-electron chi connectivity index (χ3n) is 4.66. The van der Waals surface area contributed by atoms with E-state index in [1.165, 1.54) is 0 Å². The highest BCUT2D eigenvalue weighted by atomic mass is 33.1. The standard InChI is InChI=1S/C27H41NO4S2/c1-6-26(32-19-18-31-20-24(29)12-8-7-10-21(2)3)34-33-25-15-13-23(14-16-25)27(30)28-17-9-11-22(4)5/h13-16,21-22,26H,6,8-9,11-12,17-20H2,1-5H3,(H,28,30). The third-order valence-corrected chi connectivity index (χ3v) is 7.41. The monoisotopic (exact) mass is 507 g/mol. The van der Waals surface area contributed by atoms with Crippen LogP contribution >= 0.6 is 21.6 Å². The van der Waals surface area contributed by atoms with E-state index < -0.39 is 0 Å². The molecule has 0 aliphatic carbocycles. The summed E-state index contributed by atoms with van der Waals surface area (Å²) >= 11 is 0. The van der Waals surface area contributed by atoms with E-state index in [4.69, 9.17) is 9.47 Å². The molecule has 0 fully saturated rings. The van der Waals surface area contributed by atoms with Crippen molar-refractivity contribution in [2.75, 3.05) is 26.4 Å². The van der Waals surface area contributed by atoms with Gasteiger partial charge in [-0.2, -0.15) is 0 Å². The maximum Gasteiger partial charge on any atom is 0.251 e. The van der Waals surface area contributed by atoms with E-state index in [0.29, 0.717) is 50.0 Å². The van der Waals surface area contributed by atoms with Gasteiger partial charge in [0, 0.05) is 35.8 Å². The topological polar surface area (TPSA) is 64.6 Å². The van der Waals surface area contributed by atoms with Crippen molar-refractivity contribution in [3.8, 4) is 11.8 Å². The Labute approximate surface area is 214 Å². The Morgan fingerprint density at radius 2 is 1.82 bits per heavy atom. The zero-order valence-corrected chi connectivity index (χ0v) is 23.0. The lowest BCUT2D eigenvalue weighted by Gasteiger charge is -2.15. The van der Waals surface area contributed by atoms with E-state index in [1.807, 2.05) is 38.1 Å². The van der Waals surface area contributed by atoms with Crippen LogP contribution in [0.25, 0.3) is 0 Å². The Balaban J connectivity index is 2.22. The van der Waals surface area contributed by atoms with Crippen molar-refractivity contribution in [1.82, 2.24) is 5.32 Å². The van der Waals surface area contributed by atoms with Gasteiger partial charge in [-0.1, -0.05) is 56.2 Å². The number of hydrogen-bond acceptors (Lipinski definition) is 6. The number of amides is 1. The van der Waals surface area contributed by atoms with Crippen LogP contribution in [0.1, 0.15) is 77.1 Å². The van der Waals surface area contributed by atoms with Gasteiger partial charge in [0.25, 0.3) is 5.91 Å². The highest BCUT2D eigenvalue weighted by Crippen LogP contribution is 2.36. The molecule has 0 spiro atoms. The molecule has 0 saturated carbocycles. The Hall–Kier alpha value is -1.46. The number of ether oxygens (including phenoxy) is 2. The van der Waals surface area contributed by atoms with Gasteiger partial charge < -0.3 is 14.8 Å². The zero-order valence-electron chi connectivity index (χ0n) is 21.4. The van der Waals surface area contributed by atoms with E-state index in [2.05, 4.69) is 37.9 Å². The molecular weight excluding hydrogens is 466 g/mol. The maximum atomic E-state index is 12.2. The highest BCUT2D eigenvalue weighted by molar-refractivity contribution is 8.76. The molecule has 0 aliphatic rings. The van der Waals surface area contributed by atoms with Gasteiger partial charge in [-0.15, -0.1) is 11.8 Å². The first-order valence-electron chi connectivity index (χ1n) is 12.2. The van der Waals surface area contributed by atoms with Gasteiger partial charge in [0.1, 0.15) is 12.0 Å². The third kappa shape index (κ3) is 15.4. The first kappa shape index (κ1) is 30.6. The molecule has 5 nitrogen and oxygen atoms in total. The van der Waals surface area contributed by atoms with E-state index in [0.717, 1.165) is 24.2 Å². The second kappa shape index (κ2) is 18.8. The highest BCUT2D eigenvalue weighted by Gasteiger charge is 2.10. The second-order valence-corrected chi connectivity index (χ2v) is 11.2. The van der Waals surface area contributed by atoms with Crippen molar-refractivity contribution in [3.05, 3.63) is 29.8 Å². The molecule has 1 rings (SSSR count). The number of Topliss-reactive ketones (excluding diaryl/α,β-unsaturated/α-hetero) is 1. The smallest absolute Gasteiger partial charge is 0.251 e. The molecule has 1 N–H and O–H groups in total. The summed E-state index contributed by atoms with van der Waals surface area (Å²) in [6.07, 6.45) is 4.01. The van der Waals surface area contributed by atoms with Crippen LogP contribution in [0.4, 0.5) is 0 Å². The molecule has 190 valence electrons. The molecule has 0 aromatic heterocycles. The van der Waals surface area contributed by atoms with Gasteiger partial charge in [0.2, 0.25) is 0 Å². The normalized spacial score (nSPS) is 11.9. The second-order valence-electron chi connectivity index (χ2n) is 8.77. The molecule has 0 radical (unpaired) electrons. The number of benzene rings is 1. The van der Waals surface area contributed by atoms with Crippen LogP contribution in [-0.4, -0.2) is 43.5 Å². The lowest BCUT2D eigenvalue weighted by atomic mass is 10.1. The van der Waals surface area contributed by atoms with E-state index >= 15 is 0 Å². The van der Waals surface area contributed by atoms with Crippen molar-refractivity contribution in [1.29, 1.82) is 0 Å². The van der Waals surface area contributed by atoms with Crippen LogP contribution in [0.2, 0.25) is 0 Å². The zero-order chi connectivity index (χ0) is 25.2. The summed E-state index contributed by atoms with van der Waals surface area (Å²) in [6, 6.07) is 7.66. The van der Waals surface area contributed by atoms with E-state index in [-0.39, 0.29) is 23.7 Å². The molecule has 1 aromatic carbocycles. The summed E-state index contributed by atoms with van der Waals surface area (Å²) in [4.78, 5) is 25.1. The number of ketones is 1. The summed E-state index contributed by atoms with van der Waals surface area (Å²) in [5.74, 6) is 7.11. The molecule has 1 unspecified atom stereocenters. The van der Waals surface area contributed by atoms with Gasteiger partial charge in [0.15, 0.2) is 5.78 Å². The van der Waals surface area contributed by atoms with Gasteiger partial charge in [-0.25, -0.2) is 0 Å². The number of carbonyl (C=O) groups is 2. The predicted octanol–water partition coefficient (Wildman–Crippen LogP) is 6.37. The Bertz CT molecular complexity index is 769. The minimum absolute atomic E-state index is 0.0234. The van der Waals surface area contributed by atoms with Crippen LogP contribution < -0.4 is 5.32 Å². The van der Waals surface area contributed by atoms with Crippen LogP contribution in [0.15, 0.2) is 29.2 Å². The first-order valence-corrected chi connectivity index (χ1v) is 14.4. The summed E-state index contributed by atoms with van der Waals surface area (Å²) in [7, 11) is 3.28. The van der Waals surface area contributed by atoms with Gasteiger partial charge >= 0.3 is 0 Å². The van der Waals surface area contributed by atoms with Gasteiger partial charge in [0.05, 0.1) is 13.2 Å². The summed E-state index contributed by atoms with van der Waals surface area (Å²) in [5.41, 5.74) is 0.709. The van der Waals surface area contributed by atoms with Crippen LogP contribution in [0.5, 0.6) is 0 Å². The molecule has 1 atom stereocenters. The van der Waals surface area contributed by atoms with Gasteiger partial charge in [-0.05, 0) is 49.4 Å².